The van der Waals surface area contributed by atoms with Gasteiger partial charge in [-0.05, 0) is 51.0 Å². The molecule has 0 spiro atoms. The molecule has 0 saturated carbocycles. The van der Waals surface area contributed by atoms with Crippen LogP contribution >= 0.6 is 0 Å². The Morgan fingerprint density at radius 1 is 1.00 bits per heavy atom. The van der Waals surface area contributed by atoms with Gasteiger partial charge in [-0.3, -0.25) is 0 Å². The zero-order valence-electron chi connectivity index (χ0n) is 14.0. The summed E-state index contributed by atoms with van der Waals surface area (Å²) in [5, 5.41) is 0.978. The van der Waals surface area contributed by atoms with Crippen LogP contribution in [0.15, 0.2) is 12.1 Å². The molecule has 6 heteroatoms. The molecule has 0 N–H and O–H groups in total. The second-order valence-electron chi connectivity index (χ2n) is 4.74. The summed E-state index contributed by atoms with van der Waals surface area (Å²) in [5.41, 5.74) is 2.04. The first kappa shape index (κ1) is 18.1. The van der Waals surface area contributed by atoms with E-state index >= 15 is 0 Å². The van der Waals surface area contributed by atoms with Crippen LogP contribution in [0, 0.1) is 13.8 Å². The van der Waals surface area contributed by atoms with Crippen molar-refractivity contribution in [2.24, 2.45) is 0 Å². The van der Waals surface area contributed by atoms with Gasteiger partial charge in [0.25, 0.3) is 0 Å². The van der Waals surface area contributed by atoms with Crippen LogP contribution in [0.3, 0.4) is 0 Å². The van der Waals surface area contributed by atoms with Crippen molar-refractivity contribution in [2.45, 2.75) is 34.0 Å². The minimum Gasteiger partial charge on any atom is -0.465 e. The molecular weight excluding hydrogens is 288 g/mol. The van der Waals surface area contributed by atoms with Gasteiger partial charge in [0.1, 0.15) is 5.75 Å². The minimum atomic E-state index is -2.85. The van der Waals surface area contributed by atoms with Crippen LogP contribution in [0.2, 0.25) is 0 Å². The summed E-state index contributed by atoms with van der Waals surface area (Å²) in [5.74, 6) is 0.765. The lowest BCUT2D eigenvalue weighted by atomic mass is 10.1. The highest BCUT2D eigenvalue weighted by Crippen LogP contribution is 2.21. The van der Waals surface area contributed by atoms with Crippen molar-refractivity contribution in [2.75, 3.05) is 27.9 Å². The third kappa shape index (κ3) is 4.05. The number of rotatable bonds is 8. The number of aryl methyl sites for hydroxylation is 2. The third-order valence-electron chi connectivity index (χ3n) is 3.32. The van der Waals surface area contributed by atoms with Crippen LogP contribution in [0.1, 0.15) is 25.0 Å². The highest BCUT2D eigenvalue weighted by atomic mass is 28.4. The summed E-state index contributed by atoms with van der Waals surface area (Å²) >= 11 is 0. The van der Waals surface area contributed by atoms with Gasteiger partial charge in [-0.15, -0.1) is 0 Å². The molecule has 1 rings (SSSR count). The largest absolute Gasteiger partial charge is 0.536 e. The molecule has 0 radical (unpaired) electrons. The van der Waals surface area contributed by atoms with Crippen LogP contribution in [0.4, 0.5) is 0 Å². The molecule has 0 fully saturated rings. The Bertz CT molecular complexity index is 428. The van der Waals surface area contributed by atoms with Crippen LogP contribution in [0.25, 0.3) is 0 Å². The van der Waals surface area contributed by atoms with E-state index in [0.29, 0.717) is 6.61 Å². The molecule has 0 heterocycles. The van der Waals surface area contributed by atoms with Gasteiger partial charge in [-0.2, -0.15) is 0 Å². The van der Waals surface area contributed by atoms with Crippen LogP contribution in [-0.4, -0.2) is 43.0 Å². The number of hydrogen-bond donors (Lipinski definition) is 0. The summed E-state index contributed by atoms with van der Waals surface area (Å²) in [6.07, 6.45) is -0.283. The molecule has 0 bridgehead atoms. The second-order valence-corrected chi connectivity index (χ2v) is 7.58. The molecule has 120 valence electrons. The quantitative estimate of drug-likeness (QED) is 0.543. The fourth-order valence-electron chi connectivity index (χ4n) is 2.49. The molecule has 0 aliphatic heterocycles. The molecular formula is C15H26O5Si. The first-order valence-corrected chi connectivity index (χ1v) is 8.72. The topological polar surface area (TPSA) is 46.2 Å². The van der Waals surface area contributed by atoms with Gasteiger partial charge >= 0.3 is 8.80 Å². The molecule has 0 aromatic heterocycles. The Morgan fingerprint density at radius 2 is 1.48 bits per heavy atom. The predicted molar refractivity (Wildman–Crippen MR) is 84.0 cm³/mol. The lowest BCUT2D eigenvalue weighted by Crippen LogP contribution is -2.56. The maximum absolute atomic E-state index is 5.76. The Hall–Kier alpha value is -0.923. The zero-order chi connectivity index (χ0) is 16.0. The maximum Gasteiger partial charge on any atom is 0.536 e. The highest BCUT2D eigenvalue weighted by Gasteiger charge is 2.43. The Morgan fingerprint density at radius 3 is 1.86 bits per heavy atom. The van der Waals surface area contributed by atoms with Gasteiger partial charge in [0.15, 0.2) is 6.29 Å². The van der Waals surface area contributed by atoms with Crippen LogP contribution < -0.4 is 9.92 Å². The van der Waals surface area contributed by atoms with Crippen molar-refractivity contribution in [3.8, 4) is 5.75 Å². The molecule has 1 unspecified atom stereocenters. The molecule has 0 aliphatic carbocycles. The van der Waals surface area contributed by atoms with Crippen LogP contribution in [-0.2, 0) is 18.0 Å². The van der Waals surface area contributed by atoms with E-state index in [-0.39, 0.29) is 6.29 Å². The smallest absolute Gasteiger partial charge is 0.465 e. The van der Waals surface area contributed by atoms with Gasteiger partial charge in [0.2, 0.25) is 0 Å². The first-order valence-electron chi connectivity index (χ1n) is 6.99. The SMILES string of the molecule is CCOC(C)Oc1cc(C)c([Si](OC)(OC)OC)c(C)c1. The van der Waals surface area contributed by atoms with E-state index in [9.17, 15) is 0 Å². The summed E-state index contributed by atoms with van der Waals surface area (Å²) < 4.78 is 27.9. The number of benzene rings is 1. The maximum atomic E-state index is 5.76. The van der Waals surface area contributed by atoms with Crippen molar-refractivity contribution in [3.05, 3.63) is 23.3 Å². The van der Waals surface area contributed by atoms with Crippen molar-refractivity contribution in [3.63, 3.8) is 0 Å². The van der Waals surface area contributed by atoms with E-state index in [1.54, 1.807) is 21.3 Å². The third-order valence-corrected chi connectivity index (χ3v) is 6.34. The monoisotopic (exact) mass is 314 g/mol. The number of ether oxygens (including phenoxy) is 2. The minimum absolute atomic E-state index is 0.283. The van der Waals surface area contributed by atoms with E-state index in [1.165, 1.54) is 0 Å². The standard InChI is InChI=1S/C15H26O5Si/c1-8-19-13(4)20-14-9-11(2)15(12(3)10-14)21(16-5,17-6)18-7/h9-10,13H,8H2,1-7H3. The van der Waals surface area contributed by atoms with Gasteiger partial charge in [0, 0.05) is 33.1 Å². The van der Waals surface area contributed by atoms with Gasteiger partial charge in [-0.25, -0.2) is 0 Å². The molecule has 0 saturated heterocycles. The van der Waals surface area contributed by atoms with Crippen molar-refractivity contribution in [1.29, 1.82) is 0 Å². The summed E-state index contributed by atoms with van der Waals surface area (Å²) in [6.45, 7) is 8.43. The van der Waals surface area contributed by atoms with Crippen molar-refractivity contribution < 1.29 is 22.8 Å². The second kappa shape index (κ2) is 7.91. The highest BCUT2D eigenvalue weighted by molar-refractivity contribution is 6.76. The fourth-order valence-corrected chi connectivity index (χ4v) is 4.71. The molecule has 1 atom stereocenters. The average Bonchev–Trinajstić information content (AvgIpc) is 2.43. The number of hydrogen-bond acceptors (Lipinski definition) is 5. The van der Waals surface area contributed by atoms with E-state index in [0.717, 1.165) is 22.1 Å². The van der Waals surface area contributed by atoms with Crippen LogP contribution in [0.5, 0.6) is 5.75 Å². The average molecular weight is 314 g/mol. The van der Waals surface area contributed by atoms with E-state index in [2.05, 4.69) is 0 Å². The molecule has 0 amide bonds. The Kier molecular flexibility index (Phi) is 6.83. The predicted octanol–water partition coefficient (Wildman–Crippen LogP) is 2.15. The van der Waals surface area contributed by atoms with Crippen molar-refractivity contribution >= 4 is 14.0 Å². The molecule has 5 nitrogen and oxygen atoms in total. The Labute approximate surface area is 128 Å². The van der Waals surface area contributed by atoms with Gasteiger partial charge in [0.05, 0.1) is 0 Å². The van der Waals surface area contributed by atoms with E-state index < -0.39 is 8.80 Å². The summed E-state index contributed by atoms with van der Waals surface area (Å²) in [4.78, 5) is 0. The fraction of sp³-hybridized carbons (Fsp3) is 0.600. The van der Waals surface area contributed by atoms with E-state index in [4.69, 9.17) is 22.8 Å². The lowest BCUT2D eigenvalue weighted by molar-refractivity contribution is -0.0613. The van der Waals surface area contributed by atoms with E-state index in [1.807, 2.05) is 39.8 Å². The normalized spacial score (nSPS) is 13.3. The Balaban J connectivity index is 3.16. The molecule has 1 aromatic carbocycles. The molecule has 1 aromatic rings. The first-order chi connectivity index (χ1) is 9.93. The summed E-state index contributed by atoms with van der Waals surface area (Å²) in [7, 11) is 1.98. The zero-order valence-corrected chi connectivity index (χ0v) is 15.0. The lowest BCUT2D eigenvalue weighted by Gasteiger charge is -2.28. The van der Waals surface area contributed by atoms with Crippen molar-refractivity contribution in [1.82, 2.24) is 0 Å². The van der Waals surface area contributed by atoms with Gasteiger partial charge < -0.3 is 22.8 Å². The molecule has 0 aliphatic rings. The van der Waals surface area contributed by atoms with Gasteiger partial charge in [-0.1, -0.05) is 0 Å². The molecule has 21 heavy (non-hydrogen) atoms. The summed E-state index contributed by atoms with van der Waals surface area (Å²) in [6, 6.07) is 3.91.